The highest BCUT2D eigenvalue weighted by Gasteiger charge is 2.12. The molecule has 0 saturated heterocycles. The van der Waals surface area contributed by atoms with Gasteiger partial charge in [0.1, 0.15) is 5.82 Å². The van der Waals surface area contributed by atoms with Crippen molar-refractivity contribution in [2.24, 2.45) is 5.73 Å². The Hall–Kier alpha value is -1.46. The number of benzene rings is 1. The van der Waals surface area contributed by atoms with Crippen molar-refractivity contribution in [3.8, 4) is 0 Å². The summed E-state index contributed by atoms with van der Waals surface area (Å²) in [6.07, 6.45) is 3.70. The zero-order valence-electron chi connectivity index (χ0n) is 8.52. The molecule has 0 saturated carbocycles. The Morgan fingerprint density at radius 2 is 2.38 bits per heavy atom. The van der Waals surface area contributed by atoms with Gasteiger partial charge in [0.25, 0.3) is 0 Å². The molecule has 3 N–H and O–H groups in total. The lowest BCUT2D eigenvalue weighted by Gasteiger charge is -2.17. The topological polar surface area (TPSA) is 41.3 Å². The summed E-state index contributed by atoms with van der Waals surface area (Å²) in [4.78, 5) is 0. The molecule has 1 aromatic rings. The Morgan fingerprint density at radius 3 is 2.94 bits per heavy atom. The Bertz CT molecular complexity index is 457. The molecule has 84 valence electrons. The zero-order valence-corrected chi connectivity index (χ0v) is 9.42. The van der Waals surface area contributed by atoms with Crippen molar-refractivity contribution in [2.45, 2.75) is 0 Å². The molecular weight excluding hydrogens is 225 g/mol. The summed E-state index contributed by atoms with van der Waals surface area (Å²) in [5.74, 6) is -0.324. The van der Waals surface area contributed by atoms with E-state index >= 15 is 0 Å². The highest BCUT2D eigenvalue weighted by Crippen LogP contribution is 2.22. The third kappa shape index (κ3) is 2.05. The van der Waals surface area contributed by atoms with Gasteiger partial charge in [-0.25, -0.2) is 9.82 Å². The molecule has 0 aromatic heterocycles. The van der Waals surface area contributed by atoms with E-state index in [0.29, 0.717) is 23.5 Å². The molecule has 3 nitrogen and oxygen atoms in total. The number of nitrogens with zero attached hydrogens (tertiary/aromatic N) is 1. The monoisotopic (exact) mass is 237 g/mol. The van der Waals surface area contributed by atoms with Crippen LogP contribution in [0, 0.1) is 5.82 Å². The van der Waals surface area contributed by atoms with E-state index in [0.717, 1.165) is 0 Å². The van der Waals surface area contributed by atoms with Gasteiger partial charge in [0.15, 0.2) is 0 Å². The molecule has 1 aliphatic rings. The summed E-state index contributed by atoms with van der Waals surface area (Å²) < 4.78 is 13.8. The summed E-state index contributed by atoms with van der Waals surface area (Å²) in [7, 11) is 0. The van der Waals surface area contributed by atoms with Crippen LogP contribution < -0.4 is 16.2 Å². The van der Waals surface area contributed by atoms with Crippen LogP contribution in [0.2, 0.25) is 0 Å². The second-order valence-corrected chi connectivity index (χ2v) is 3.63. The van der Waals surface area contributed by atoms with Gasteiger partial charge in [0.2, 0.25) is 0 Å². The van der Waals surface area contributed by atoms with E-state index in [4.69, 9.17) is 5.73 Å². The molecule has 1 aromatic carbocycles. The first-order chi connectivity index (χ1) is 7.72. The van der Waals surface area contributed by atoms with Crippen LogP contribution in [0.15, 0.2) is 35.9 Å². The van der Waals surface area contributed by atoms with Crippen molar-refractivity contribution in [1.82, 2.24) is 5.43 Å². The van der Waals surface area contributed by atoms with Crippen LogP contribution >= 0.6 is 12.6 Å². The van der Waals surface area contributed by atoms with E-state index < -0.39 is 0 Å². The number of nitrogens with two attached hydrogens (primary N) is 1. The summed E-state index contributed by atoms with van der Waals surface area (Å²) >= 11 is 3.93. The van der Waals surface area contributed by atoms with Crippen molar-refractivity contribution in [3.05, 3.63) is 47.3 Å². The third-order valence-corrected chi connectivity index (χ3v) is 2.59. The van der Waals surface area contributed by atoms with Gasteiger partial charge in [0, 0.05) is 24.0 Å². The highest BCUT2D eigenvalue weighted by atomic mass is 32.1. The molecule has 0 unspecified atom stereocenters. The second-order valence-electron chi connectivity index (χ2n) is 3.37. The summed E-state index contributed by atoms with van der Waals surface area (Å²) in [6.45, 7) is 0.708. The highest BCUT2D eigenvalue weighted by molar-refractivity contribution is 7.83. The maximum atomic E-state index is 13.8. The maximum Gasteiger partial charge on any atom is 0.148 e. The van der Waals surface area contributed by atoms with Crippen LogP contribution in [0.3, 0.4) is 0 Å². The Labute approximate surface area is 98.8 Å². The molecule has 0 fully saturated rings. The fourth-order valence-electron chi connectivity index (χ4n) is 1.48. The first kappa shape index (κ1) is 11.0. The standard InChI is InChI=1S/C11H12FN3S/c12-9-6-8(10(13)7-16)2-3-11(9)15-5-1-4-14-15/h1-3,5-7,14,16H,4,13H2/b10-7-. The van der Waals surface area contributed by atoms with Crippen LogP contribution in [0.4, 0.5) is 10.1 Å². The van der Waals surface area contributed by atoms with Crippen molar-refractivity contribution in [1.29, 1.82) is 0 Å². The number of hydrogen-bond donors (Lipinski definition) is 3. The van der Waals surface area contributed by atoms with Crippen molar-refractivity contribution < 1.29 is 4.39 Å². The molecule has 0 atom stereocenters. The Balaban J connectivity index is 2.33. The van der Waals surface area contributed by atoms with E-state index in [9.17, 15) is 4.39 Å². The molecule has 0 bridgehead atoms. The lowest BCUT2D eigenvalue weighted by Crippen LogP contribution is -2.28. The summed E-state index contributed by atoms with van der Waals surface area (Å²) in [6, 6.07) is 4.83. The predicted octanol–water partition coefficient (Wildman–Crippen LogP) is 1.85. The maximum absolute atomic E-state index is 13.8. The first-order valence-electron chi connectivity index (χ1n) is 4.81. The van der Waals surface area contributed by atoms with Gasteiger partial charge in [0.05, 0.1) is 5.69 Å². The molecule has 5 heteroatoms. The largest absolute Gasteiger partial charge is 0.398 e. The lowest BCUT2D eigenvalue weighted by atomic mass is 10.1. The van der Waals surface area contributed by atoms with Gasteiger partial charge in [-0.15, -0.1) is 12.6 Å². The molecule has 0 aliphatic carbocycles. The molecule has 16 heavy (non-hydrogen) atoms. The molecule has 2 rings (SSSR count). The number of thiol groups is 1. The molecule has 0 amide bonds. The van der Waals surface area contributed by atoms with Gasteiger partial charge in [-0.1, -0.05) is 12.1 Å². The predicted molar refractivity (Wildman–Crippen MR) is 67.2 cm³/mol. The molecule has 0 spiro atoms. The molecule has 1 aliphatic heterocycles. The molecule has 1 heterocycles. The SMILES string of the molecule is N/C(=C\S)c1ccc(N2C=CCN2)c(F)c1. The average Bonchev–Trinajstić information content (AvgIpc) is 2.81. The van der Waals surface area contributed by atoms with Crippen molar-refractivity contribution >= 4 is 24.0 Å². The van der Waals surface area contributed by atoms with Crippen molar-refractivity contribution in [3.63, 3.8) is 0 Å². The fourth-order valence-corrected chi connectivity index (χ4v) is 1.63. The fraction of sp³-hybridized carbons (Fsp3) is 0.0909. The van der Waals surface area contributed by atoms with E-state index in [1.165, 1.54) is 11.5 Å². The summed E-state index contributed by atoms with van der Waals surface area (Å²) in [5, 5.41) is 3.09. The van der Waals surface area contributed by atoms with Crippen LogP contribution in [-0.2, 0) is 0 Å². The molecule has 0 radical (unpaired) electrons. The van der Waals surface area contributed by atoms with Crippen LogP contribution in [-0.4, -0.2) is 6.54 Å². The molecular formula is C11H12FN3S. The number of hydrogen-bond acceptors (Lipinski definition) is 4. The minimum atomic E-state index is -0.324. The lowest BCUT2D eigenvalue weighted by molar-refractivity contribution is 0.618. The number of halogens is 1. The third-order valence-electron chi connectivity index (χ3n) is 2.31. The van der Waals surface area contributed by atoms with Crippen LogP contribution in [0.5, 0.6) is 0 Å². The minimum absolute atomic E-state index is 0.324. The van der Waals surface area contributed by atoms with Gasteiger partial charge in [-0.3, -0.25) is 5.01 Å². The first-order valence-corrected chi connectivity index (χ1v) is 5.33. The second kappa shape index (κ2) is 4.59. The number of hydrazine groups is 1. The quantitative estimate of drug-likeness (QED) is 0.688. The number of nitrogens with one attached hydrogen (secondary N) is 1. The van der Waals surface area contributed by atoms with E-state index in [1.54, 1.807) is 23.3 Å². The van der Waals surface area contributed by atoms with Crippen LogP contribution in [0.1, 0.15) is 5.56 Å². The van der Waals surface area contributed by atoms with Gasteiger partial charge in [-0.2, -0.15) is 0 Å². The Kier molecular flexibility index (Phi) is 3.17. The number of rotatable bonds is 2. The summed E-state index contributed by atoms with van der Waals surface area (Å²) in [5.41, 5.74) is 10.2. The average molecular weight is 237 g/mol. The normalized spacial score (nSPS) is 15.9. The van der Waals surface area contributed by atoms with Gasteiger partial charge >= 0.3 is 0 Å². The van der Waals surface area contributed by atoms with Gasteiger partial charge in [-0.05, 0) is 17.5 Å². The van der Waals surface area contributed by atoms with Crippen molar-refractivity contribution in [2.75, 3.05) is 11.6 Å². The van der Waals surface area contributed by atoms with Crippen LogP contribution in [0.25, 0.3) is 5.70 Å². The van der Waals surface area contributed by atoms with E-state index in [2.05, 4.69) is 18.1 Å². The van der Waals surface area contributed by atoms with E-state index in [-0.39, 0.29) is 5.82 Å². The Morgan fingerprint density at radius 1 is 1.56 bits per heavy atom. The van der Waals surface area contributed by atoms with E-state index in [1.807, 2.05) is 6.08 Å². The smallest absolute Gasteiger partial charge is 0.148 e. The number of anilines is 1. The van der Waals surface area contributed by atoms with Gasteiger partial charge < -0.3 is 5.73 Å². The zero-order chi connectivity index (χ0) is 11.5. The minimum Gasteiger partial charge on any atom is -0.398 e.